The number of phosphoric acid groups is 4. The van der Waals surface area contributed by atoms with E-state index in [1.807, 2.05) is 24.3 Å². The zero-order valence-electron chi connectivity index (χ0n) is 18.4. The van der Waals surface area contributed by atoms with Gasteiger partial charge < -0.3 is 86.5 Å². The molecule has 27 heteroatoms. The van der Waals surface area contributed by atoms with E-state index >= 15 is 0 Å². The summed E-state index contributed by atoms with van der Waals surface area (Å²) in [6, 6.07) is 7.96. The van der Waals surface area contributed by atoms with Gasteiger partial charge in [-0.15, -0.1) is 0 Å². The van der Waals surface area contributed by atoms with Crippen LogP contribution in [0.4, 0.5) is 0 Å². The van der Waals surface area contributed by atoms with Gasteiger partial charge in [-0.2, -0.15) is 31.3 Å². The van der Waals surface area contributed by atoms with Gasteiger partial charge in [0.05, 0.1) is 13.1 Å². The van der Waals surface area contributed by atoms with Gasteiger partial charge >= 0.3 is 63.2 Å². The van der Waals surface area contributed by atoms with E-state index in [4.69, 9.17) is 86.5 Å². The Morgan fingerprint density at radius 2 is 0.667 bits per heavy atom. The maximum absolute atomic E-state index is 8.55. The molecule has 0 fully saturated rings. The molecule has 39 heavy (non-hydrogen) atoms. The molecule has 3 rings (SSSR count). The summed E-state index contributed by atoms with van der Waals surface area (Å²) in [6.07, 6.45) is 0. The smallest absolute Gasteiger partial charge is 0.822 e. The normalized spacial score (nSPS) is 13.7. The third-order valence-corrected chi connectivity index (χ3v) is 2.55. The van der Waals surface area contributed by atoms with Crippen molar-refractivity contribution in [2.45, 2.75) is 0 Å². The average molecular weight is 884 g/mol. The van der Waals surface area contributed by atoms with Crippen LogP contribution in [0.15, 0.2) is 34.3 Å². The van der Waals surface area contributed by atoms with E-state index in [0.29, 0.717) is 13.2 Å². The predicted molar refractivity (Wildman–Crippen MR) is 91.6 cm³/mol. The summed E-state index contributed by atoms with van der Waals surface area (Å²) in [4.78, 5) is 111. The molecule has 2 heterocycles. The zero-order chi connectivity index (χ0) is 28.8. The molecule has 0 atom stereocenters. The summed E-state index contributed by atoms with van der Waals surface area (Å²) in [5, 5.41) is 0. The van der Waals surface area contributed by atoms with Crippen molar-refractivity contribution in [1.29, 1.82) is 0 Å². The monoisotopic (exact) mass is 890 g/mol. The fourth-order valence-corrected chi connectivity index (χ4v) is 1.77. The Labute approximate surface area is 263 Å². The number of benzene rings is 1. The van der Waals surface area contributed by atoms with Crippen molar-refractivity contribution in [3.63, 3.8) is 0 Å². The molecule has 1 aromatic carbocycles. The second-order valence-corrected chi connectivity index (χ2v) is 9.01. The molecule has 2 aliphatic rings. The fraction of sp³-hybridized carbons (Fsp3) is 0.333. The minimum atomic E-state index is -5.39. The Morgan fingerprint density at radius 1 is 0.487 bits per heavy atom. The number of aliphatic imine (C=N–C) groups is 2. The van der Waals surface area contributed by atoms with Crippen molar-refractivity contribution in [1.82, 2.24) is 0 Å². The molecular weight excluding hydrogens is 872 g/mol. The molecule has 0 saturated heterocycles. The molecule has 0 aliphatic carbocycles. The van der Waals surface area contributed by atoms with Gasteiger partial charge in [0.2, 0.25) is 11.8 Å². The fourth-order valence-electron chi connectivity index (χ4n) is 1.77. The molecule has 20 nitrogen and oxygen atoms in total. The van der Waals surface area contributed by atoms with Crippen LogP contribution in [0.3, 0.4) is 0 Å². The van der Waals surface area contributed by atoms with Crippen LogP contribution >= 0.6 is 31.3 Å². The standard InChI is InChI=1S/C12H12N2O2.3Mo.4H3O4P/c1-2-10(12-14-6-8-16-12)4-3-9(1)11-13-5-7-15-11;;;;4*1-5(2,3)4/h1-4H,5-8H2;;;;4*(H3,1,2,3,4)/q;3*+4;;;;/p-12. The molecular formula is C12H12Mo3N2O18P4. The topological polar surface area (TPSA) is 388 Å². The van der Waals surface area contributed by atoms with Gasteiger partial charge in [-0.05, 0) is 24.3 Å². The molecule has 0 spiro atoms. The first kappa shape index (κ1) is 49.3. The molecule has 0 saturated carbocycles. The molecule has 0 bridgehead atoms. The van der Waals surface area contributed by atoms with Gasteiger partial charge in [-0.3, -0.25) is 0 Å². The molecule has 0 N–H and O–H groups in total. The molecule has 0 aromatic heterocycles. The number of hydrogen-bond donors (Lipinski definition) is 0. The Hall–Kier alpha value is 0.665. The first-order chi connectivity index (χ1) is 15.9. The molecule has 0 unspecified atom stereocenters. The van der Waals surface area contributed by atoms with Crippen LogP contribution < -0.4 is 58.7 Å². The zero-order valence-corrected chi connectivity index (χ0v) is 28.0. The van der Waals surface area contributed by atoms with E-state index in [-0.39, 0.29) is 63.2 Å². The van der Waals surface area contributed by atoms with Crippen LogP contribution in [0.25, 0.3) is 0 Å². The van der Waals surface area contributed by atoms with Crippen molar-refractivity contribution in [3.05, 3.63) is 35.4 Å². The van der Waals surface area contributed by atoms with Crippen molar-refractivity contribution >= 4 is 43.1 Å². The van der Waals surface area contributed by atoms with Crippen LogP contribution in [-0.4, -0.2) is 38.1 Å². The van der Waals surface area contributed by atoms with Crippen molar-refractivity contribution in [2.75, 3.05) is 26.3 Å². The van der Waals surface area contributed by atoms with E-state index in [2.05, 4.69) is 9.98 Å². The third-order valence-electron chi connectivity index (χ3n) is 2.55. The van der Waals surface area contributed by atoms with Crippen LogP contribution in [0.2, 0.25) is 0 Å². The maximum Gasteiger partial charge on any atom is 4.00 e. The SMILES string of the molecule is O=P([O-])([O-])[O-].O=P([O-])([O-])[O-].O=P([O-])([O-])[O-].O=P([O-])([O-])[O-].[Mo+4].[Mo+4].[Mo+4].c1cc(C2=NCCO2)ccc1C1=NCCO1. The Balaban J connectivity index is -0.000000142. The van der Waals surface area contributed by atoms with Crippen molar-refractivity contribution in [2.24, 2.45) is 9.98 Å². The van der Waals surface area contributed by atoms with Crippen molar-refractivity contribution < 1.29 is 150 Å². The van der Waals surface area contributed by atoms with Gasteiger partial charge in [-0.1, -0.05) is 0 Å². The Bertz CT molecular complexity index is 894. The minimum absolute atomic E-state index is 0. The second kappa shape index (κ2) is 23.2. The summed E-state index contributed by atoms with van der Waals surface area (Å²) in [7, 11) is -21.6. The number of rotatable bonds is 2. The second-order valence-electron chi connectivity index (χ2n) is 5.44. The van der Waals surface area contributed by atoms with Crippen LogP contribution in [0.5, 0.6) is 0 Å². The average Bonchev–Trinajstić information content (AvgIpc) is 3.30. The van der Waals surface area contributed by atoms with Gasteiger partial charge in [0.25, 0.3) is 0 Å². The Morgan fingerprint density at radius 3 is 0.795 bits per heavy atom. The van der Waals surface area contributed by atoms with Gasteiger partial charge in [0.15, 0.2) is 0 Å². The number of nitrogens with zero attached hydrogens (tertiary/aromatic N) is 2. The largest absolute Gasteiger partial charge is 4.00 e. The molecule has 2 aliphatic heterocycles. The van der Waals surface area contributed by atoms with E-state index in [0.717, 1.165) is 36.0 Å². The van der Waals surface area contributed by atoms with E-state index in [9.17, 15) is 0 Å². The summed E-state index contributed by atoms with van der Waals surface area (Å²) in [6.45, 7) is 2.89. The van der Waals surface area contributed by atoms with Gasteiger partial charge in [-0.25, -0.2) is 9.98 Å². The molecule has 1 aromatic rings. The minimum Gasteiger partial charge on any atom is -0.822 e. The molecule has 216 valence electrons. The number of hydrogen-bond acceptors (Lipinski definition) is 20. The van der Waals surface area contributed by atoms with E-state index in [1.54, 1.807) is 0 Å². The summed E-state index contributed by atoms with van der Waals surface area (Å²) < 4.78 is 45.0. The van der Waals surface area contributed by atoms with Crippen LogP contribution in [-0.2, 0) is 90.9 Å². The summed E-state index contributed by atoms with van der Waals surface area (Å²) >= 11 is 0. The first-order valence-electron chi connectivity index (χ1n) is 8.31. The van der Waals surface area contributed by atoms with Crippen molar-refractivity contribution in [3.8, 4) is 0 Å². The molecule has 0 amide bonds. The third kappa shape index (κ3) is 48.7. The predicted octanol–water partition coefficient (Wildman–Crippen LogP) is -10.1. The van der Waals surface area contributed by atoms with Crippen LogP contribution in [0, 0.1) is 0 Å². The maximum atomic E-state index is 8.55. The molecule has 0 radical (unpaired) electrons. The first-order valence-corrected chi connectivity index (χ1v) is 14.2. The number of ether oxygens (including phenoxy) is 2. The summed E-state index contributed by atoms with van der Waals surface area (Å²) in [5.74, 6) is 1.47. The van der Waals surface area contributed by atoms with Crippen LogP contribution in [0.1, 0.15) is 11.1 Å². The van der Waals surface area contributed by atoms with Gasteiger partial charge in [0, 0.05) is 11.1 Å². The Kier molecular flexibility index (Phi) is 29.3. The van der Waals surface area contributed by atoms with Gasteiger partial charge in [0.1, 0.15) is 13.2 Å². The van der Waals surface area contributed by atoms with E-state index < -0.39 is 31.3 Å². The quantitative estimate of drug-likeness (QED) is 0.197. The summed E-state index contributed by atoms with van der Waals surface area (Å²) in [5.41, 5.74) is 2.03. The van der Waals surface area contributed by atoms with E-state index in [1.165, 1.54) is 0 Å².